The average Bonchev–Trinajstić information content (AvgIpc) is 2.34. The van der Waals surface area contributed by atoms with E-state index in [2.05, 4.69) is 15.3 Å². The van der Waals surface area contributed by atoms with Crippen molar-refractivity contribution in [2.75, 3.05) is 5.32 Å². The van der Waals surface area contributed by atoms with E-state index in [-0.39, 0.29) is 16.4 Å². The van der Waals surface area contributed by atoms with Crippen LogP contribution < -0.4 is 5.32 Å². The predicted octanol–water partition coefficient (Wildman–Crippen LogP) is 2.52. The lowest BCUT2D eigenvalue weighted by atomic mass is 10.3. The minimum atomic E-state index is -0.602. The van der Waals surface area contributed by atoms with Crippen molar-refractivity contribution >= 4 is 23.2 Å². The summed E-state index contributed by atoms with van der Waals surface area (Å²) in [6.45, 7) is 0. The van der Waals surface area contributed by atoms with Gasteiger partial charge in [0.25, 0.3) is 5.91 Å². The lowest BCUT2D eigenvalue weighted by molar-refractivity contribution is 0.102. The first kappa shape index (κ1) is 11.5. The number of halogens is 2. The largest absolute Gasteiger partial charge is 0.318 e. The fraction of sp³-hybridized carbons (Fsp3) is 0. The van der Waals surface area contributed by atoms with E-state index in [4.69, 9.17) is 11.6 Å². The van der Waals surface area contributed by atoms with E-state index in [9.17, 15) is 9.18 Å². The van der Waals surface area contributed by atoms with E-state index in [0.717, 1.165) is 6.07 Å². The molecule has 2 aromatic rings. The Morgan fingerprint density at radius 3 is 2.82 bits per heavy atom. The zero-order chi connectivity index (χ0) is 12.3. The second-order valence-electron chi connectivity index (χ2n) is 3.17. The number of anilines is 1. The lowest BCUT2D eigenvalue weighted by Gasteiger charge is -2.05. The van der Waals surface area contributed by atoms with Gasteiger partial charge in [-0.1, -0.05) is 11.6 Å². The zero-order valence-corrected chi connectivity index (χ0v) is 9.28. The van der Waals surface area contributed by atoms with Crippen LogP contribution in [0, 0.1) is 5.82 Å². The van der Waals surface area contributed by atoms with Crippen LogP contribution in [0.25, 0.3) is 0 Å². The number of aromatic nitrogens is 2. The molecule has 1 aromatic carbocycles. The minimum Gasteiger partial charge on any atom is -0.318 e. The summed E-state index contributed by atoms with van der Waals surface area (Å²) in [5, 5.41) is 2.64. The number of carbonyl (C=O) groups is 1. The third kappa shape index (κ3) is 2.76. The number of nitrogens with zero attached hydrogens (tertiary/aromatic N) is 2. The van der Waals surface area contributed by atoms with Crippen molar-refractivity contribution in [2.45, 2.75) is 0 Å². The Balaban J connectivity index is 2.19. The Labute approximate surface area is 101 Å². The summed E-state index contributed by atoms with van der Waals surface area (Å²) in [6.07, 6.45) is 4.12. The number of rotatable bonds is 2. The van der Waals surface area contributed by atoms with Gasteiger partial charge in [-0.15, -0.1) is 0 Å². The maximum Gasteiger partial charge on any atom is 0.275 e. The van der Waals surface area contributed by atoms with Crippen molar-refractivity contribution in [2.24, 2.45) is 0 Å². The van der Waals surface area contributed by atoms with Crippen molar-refractivity contribution in [3.8, 4) is 0 Å². The van der Waals surface area contributed by atoms with Crippen LogP contribution in [0.5, 0.6) is 0 Å². The first-order valence-corrected chi connectivity index (χ1v) is 5.07. The molecule has 0 saturated heterocycles. The topological polar surface area (TPSA) is 54.9 Å². The van der Waals surface area contributed by atoms with Crippen LogP contribution in [0.1, 0.15) is 10.5 Å². The molecule has 0 bridgehead atoms. The number of nitrogens with one attached hydrogen (secondary N) is 1. The van der Waals surface area contributed by atoms with Gasteiger partial charge in [-0.3, -0.25) is 9.78 Å². The van der Waals surface area contributed by atoms with E-state index >= 15 is 0 Å². The molecule has 2 rings (SSSR count). The van der Waals surface area contributed by atoms with Gasteiger partial charge in [0.1, 0.15) is 11.5 Å². The highest BCUT2D eigenvalue weighted by molar-refractivity contribution is 6.30. The number of carbonyl (C=O) groups excluding carboxylic acids is 1. The predicted molar refractivity (Wildman–Crippen MR) is 61.4 cm³/mol. The first-order valence-electron chi connectivity index (χ1n) is 4.69. The third-order valence-corrected chi connectivity index (χ3v) is 2.21. The smallest absolute Gasteiger partial charge is 0.275 e. The Morgan fingerprint density at radius 2 is 2.18 bits per heavy atom. The van der Waals surface area contributed by atoms with E-state index in [1.54, 1.807) is 0 Å². The molecule has 6 heteroatoms. The molecule has 4 nitrogen and oxygen atoms in total. The summed E-state index contributed by atoms with van der Waals surface area (Å²) < 4.78 is 13.4. The summed E-state index contributed by atoms with van der Waals surface area (Å²) >= 11 is 5.60. The maximum atomic E-state index is 13.4. The molecule has 0 fully saturated rings. The van der Waals surface area contributed by atoms with Gasteiger partial charge in [-0.05, 0) is 18.2 Å². The number of amides is 1. The summed E-state index contributed by atoms with van der Waals surface area (Å²) in [7, 11) is 0. The van der Waals surface area contributed by atoms with Crippen molar-refractivity contribution in [3.63, 3.8) is 0 Å². The van der Waals surface area contributed by atoms with Gasteiger partial charge in [0.05, 0.1) is 11.9 Å². The van der Waals surface area contributed by atoms with Crippen LogP contribution in [0.4, 0.5) is 10.1 Å². The second-order valence-corrected chi connectivity index (χ2v) is 3.61. The van der Waals surface area contributed by atoms with Crippen molar-refractivity contribution in [1.29, 1.82) is 0 Å². The number of hydrogen-bond acceptors (Lipinski definition) is 3. The Hall–Kier alpha value is -2.01. The molecule has 0 atom stereocenters. The van der Waals surface area contributed by atoms with Gasteiger partial charge < -0.3 is 5.32 Å². The maximum absolute atomic E-state index is 13.4. The van der Waals surface area contributed by atoms with Gasteiger partial charge in [-0.2, -0.15) is 0 Å². The SMILES string of the molecule is O=C(Nc1ccc(Cl)cc1F)c1cnccn1. The fourth-order valence-electron chi connectivity index (χ4n) is 1.19. The molecule has 0 radical (unpaired) electrons. The van der Waals surface area contributed by atoms with Crippen molar-refractivity contribution < 1.29 is 9.18 Å². The molecule has 17 heavy (non-hydrogen) atoms. The molecule has 1 N–H and O–H groups in total. The average molecular weight is 252 g/mol. The first-order chi connectivity index (χ1) is 8.16. The van der Waals surface area contributed by atoms with E-state index in [0.29, 0.717) is 0 Å². The molecule has 86 valence electrons. The third-order valence-electron chi connectivity index (χ3n) is 1.98. The van der Waals surface area contributed by atoms with Crippen LogP contribution in [0.3, 0.4) is 0 Å². The van der Waals surface area contributed by atoms with Gasteiger partial charge in [0.15, 0.2) is 0 Å². The van der Waals surface area contributed by atoms with Gasteiger partial charge in [0.2, 0.25) is 0 Å². The number of benzene rings is 1. The van der Waals surface area contributed by atoms with E-state index in [1.807, 2.05) is 0 Å². The summed E-state index contributed by atoms with van der Waals surface area (Å²) in [4.78, 5) is 19.2. The van der Waals surface area contributed by atoms with Crippen LogP contribution in [-0.4, -0.2) is 15.9 Å². The monoisotopic (exact) mass is 251 g/mol. The van der Waals surface area contributed by atoms with Gasteiger partial charge in [-0.25, -0.2) is 9.37 Å². The minimum absolute atomic E-state index is 0.0463. The van der Waals surface area contributed by atoms with E-state index < -0.39 is 11.7 Å². The highest BCUT2D eigenvalue weighted by Crippen LogP contribution is 2.19. The molecule has 0 spiro atoms. The lowest BCUT2D eigenvalue weighted by Crippen LogP contribution is -2.14. The van der Waals surface area contributed by atoms with Gasteiger partial charge in [0, 0.05) is 17.4 Å². The highest BCUT2D eigenvalue weighted by Gasteiger charge is 2.10. The standard InChI is InChI=1S/C11H7ClFN3O/c12-7-1-2-9(8(13)5-7)16-11(17)10-6-14-3-4-15-10/h1-6H,(H,16,17). The Kier molecular flexibility index (Phi) is 3.30. The van der Waals surface area contributed by atoms with Crippen molar-refractivity contribution in [1.82, 2.24) is 9.97 Å². The molecule has 0 aliphatic heterocycles. The quantitative estimate of drug-likeness (QED) is 0.892. The molecule has 1 aromatic heterocycles. The molecular weight excluding hydrogens is 245 g/mol. The van der Waals surface area contributed by atoms with Crippen LogP contribution in [0.2, 0.25) is 5.02 Å². The summed E-state index contributed by atoms with van der Waals surface area (Å²) in [5.41, 5.74) is 0.159. The normalized spacial score (nSPS) is 10.0. The number of hydrogen-bond donors (Lipinski definition) is 1. The molecule has 1 heterocycles. The molecule has 0 unspecified atom stereocenters. The van der Waals surface area contributed by atoms with Gasteiger partial charge >= 0.3 is 0 Å². The van der Waals surface area contributed by atoms with Crippen LogP contribution in [-0.2, 0) is 0 Å². The highest BCUT2D eigenvalue weighted by atomic mass is 35.5. The van der Waals surface area contributed by atoms with Crippen LogP contribution in [0.15, 0.2) is 36.8 Å². The molecule has 0 aliphatic carbocycles. The fourth-order valence-corrected chi connectivity index (χ4v) is 1.35. The zero-order valence-electron chi connectivity index (χ0n) is 8.52. The summed E-state index contributed by atoms with van der Waals surface area (Å²) in [5.74, 6) is -1.13. The summed E-state index contributed by atoms with van der Waals surface area (Å²) in [6, 6.07) is 3.98. The molecule has 0 aliphatic rings. The van der Waals surface area contributed by atoms with Crippen molar-refractivity contribution in [3.05, 3.63) is 53.3 Å². The Morgan fingerprint density at radius 1 is 1.35 bits per heavy atom. The molecule has 0 saturated carbocycles. The second kappa shape index (κ2) is 4.88. The van der Waals surface area contributed by atoms with Crippen LogP contribution >= 0.6 is 11.6 Å². The molecule has 1 amide bonds. The molecular formula is C11H7ClFN3O. The van der Waals surface area contributed by atoms with E-state index in [1.165, 1.54) is 30.7 Å². The Bertz CT molecular complexity index is 548.